The third-order valence-corrected chi connectivity index (χ3v) is 16.3. The average Bonchev–Trinajstić information content (AvgIpc) is 3.32. The molecule has 8 atom stereocenters. The Morgan fingerprint density at radius 3 is 2.18 bits per heavy atom. The number of hydrogen-bond acceptors (Lipinski definition) is 6. The van der Waals surface area contributed by atoms with Gasteiger partial charge >= 0.3 is 11.9 Å². The van der Waals surface area contributed by atoms with Gasteiger partial charge < -0.3 is 15.2 Å². The second-order valence-corrected chi connectivity index (χ2v) is 19.8. The zero-order valence-electron chi connectivity index (χ0n) is 32.1. The van der Waals surface area contributed by atoms with E-state index in [1.807, 2.05) is 0 Å². The molecule has 0 bridgehead atoms. The summed E-state index contributed by atoms with van der Waals surface area (Å²) in [6.45, 7) is 21.6. The summed E-state index contributed by atoms with van der Waals surface area (Å²) in [5, 5.41) is 13.0. The summed E-state index contributed by atoms with van der Waals surface area (Å²) < 4.78 is 6.16. The lowest BCUT2D eigenvalue weighted by Crippen LogP contribution is -2.66. The van der Waals surface area contributed by atoms with E-state index in [2.05, 4.69) is 53.8 Å². The van der Waals surface area contributed by atoms with Crippen molar-refractivity contribution in [3.8, 4) is 0 Å². The van der Waals surface area contributed by atoms with Crippen LogP contribution in [0.5, 0.6) is 0 Å². The largest absolute Gasteiger partial charge is 0.481 e. The quantitative estimate of drug-likeness (QED) is 0.248. The fourth-order valence-corrected chi connectivity index (χ4v) is 13.3. The van der Waals surface area contributed by atoms with Crippen LogP contribution in [0.3, 0.4) is 0 Å². The standard InChI is InChI=1S/C42H65NO6/c1-25(2)34-28(44)23-42(31(45)22-26-14-20-43-21-15-26)19-18-40(8)27(35(34)42)10-11-30-39(7)16-13-32(49-33(46)24-37(3,4)36(47)48)38(5,6)29(39)12-17-41(30,40)9/h25-27,29-30,32,43H,10-24H2,1-9H3,(H,47,48)/t27-,29+,30-,32+,39+,40-,41-,42+/m1/s1. The van der Waals surface area contributed by atoms with E-state index < -0.39 is 22.8 Å². The first-order valence-corrected chi connectivity index (χ1v) is 19.7. The molecule has 1 saturated heterocycles. The molecular formula is C42H65NO6. The topological polar surface area (TPSA) is 110 Å². The van der Waals surface area contributed by atoms with Gasteiger partial charge in [-0.2, -0.15) is 0 Å². The van der Waals surface area contributed by atoms with E-state index in [1.54, 1.807) is 13.8 Å². The van der Waals surface area contributed by atoms with Crippen LogP contribution in [0.4, 0.5) is 0 Å². The normalized spacial score (nSPS) is 40.7. The molecule has 0 aromatic rings. The highest BCUT2D eigenvalue weighted by atomic mass is 16.5. The molecule has 4 saturated carbocycles. The molecule has 0 amide bonds. The SMILES string of the molecule is CC(C)C1=C2[C@H]3CC[C@@H]4[C@@]5(C)CC[C@H](OC(=O)CC(C)(C)C(=O)O)C(C)(C)[C@@H]5CC[C@@]4(C)[C@]3(C)CC[C@@]2(C(=O)CC2CCNCC2)CC1=O. The highest BCUT2D eigenvalue weighted by molar-refractivity contribution is 6.07. The average molecular weight is 680 g/mol. The smallest absolute Gasteiger partial charge is 0.309 e. The fourth-order valence-electron chi connectivity index (χ4n) is 13.3. The number of hydrogen-bond donors (Lipinski definition) is 2. The molecule has 0 aromatic carbocycles. The van der Waals surface area contributed by atoms with Crippen molar-refractivity contribution in [2.45, 2.75) is 152 Å². The van der Waals surface area contributed by atoms with E-state index in [0.717, 1.165) is 82.9 Å². The van der Waals surface area contributed by atoms with Crippen molar-refractivity contribution in [3.63, 3.8) is 0 Å². The van der Waals surface area contributed by atoms with Gasteiger partial charge in [0.1, 0.15) is 11.9 Å². The van der Waals surface area contributed by atoms with Gasteiger partial charge in [-0.05, 0) is 148 Å². The van der Waals surface area contributed by atoms with Gasteiger partial charge in [0.05, 0.1) is 17.3 Å². The molecule has 6 aliphatic rings. The second kappa shape index (κ2) is 12.3. The Labute approximate surface area is 295 Å². The summed E-state index contributed by atoms with van der Waals surface area (Å²) in [5.41, 5.74) is 0.413. The number of carboxylic acids is 1. The van der Waals surface area contributed by atoms with Crippen LogP contribution in [0, 0.1) is 62.1 Å². The molecule has 274 valence electrons. The summed E-state index contributed by atoms with van der Waals surface area (Å²) in [5.74, 6) is 0.861. The van der Waals surface area contributed by atoms with Crippen LogP contribution in [0.2, 0.25) is 0 Å². The first kappa shape index (κ1) is 36.8. The van der Waals surface area contributed by atoms with Crippen molar-refractivity contribution in [2.75, 3.05) is 13.1 Å². The number of Topliss-reactive ketones (excluding diaryl/α,β-unsaturated/α-hetero) is 2. The van der Waals surface area contributed by atoms with Crippen molar-refractivity contribution in [1.29, 1.82) is 0 Å². The van der Waals surface area contributed by atoms with Crippen molar-refractivity contribution >= 4 is 23.5 Å². The maximum Gasteiger partial charge on any atom is 0.309 e. The van der Waals surface area contributed by atoms with Gasteiger partial charge in [0.15, 0.2) is 5.78 Å². The summed E-state index contributed by atoms with van der Waals surface area (Å²) in [6.07, 6.45) is 10.6. The monoisotopic (exact) mass is 679 g/mol. The number of aliphatic carboxylic acids is 1. The number of fused-ring (bicyclic) bond motifs is 7. The minimum Gasteiger partial charge on any atom is -0.481 e. The molecule has 0 radical (unpaired) electrons. The van der Waals surface area contributed by atoms with E-state index in [0.29, 0.717) is 36.4 Å². The number of esters is 1. The molecule has 0 spiro atoms. The summed E-state index contributed by atoms with van der Waals surface area (Å²) in [4.78, 5) is 53.3. The van der Waals surface area contributed by atoms with Gasteiger partial charge in [-0.25, -0.2) is 0 Å². The Bertz CT molecular complexity index is 1420. The predicted molar refractivity (Wildman–Crippen MR) is 191 cm³/mol. The molecule has 5 aliphatic carbocycles. The van der Waals surface area contributed by atoms with Crippen molar-refractivity contribution in [1.82, 2.24) is 5.32 Å². The number of carbonyl (C=O) groups is 4. The molecule has 0 aromatic heterocycles. The number of ether oxygens (including phenoxy) is 1. The third kappa shape index (κ3) is 5.52. The zero-order chi connectivity index (χ0) is 35.9. The molecule has 2 N–H and O–H groups in total. The molecule has 0 unspecified atom stereocenters. The van der Waals surface area contributed by atoms with Crippen LogP contribution >= 0.6 is 0 Å². The fraction of sp³-hybridized carbons (Fsp3) is 0.857. The van der Waals surface area contributed by atoms with Crippen molar-refractivity contribution in [2.24, 2.45) is 62.1 Å². The highest BCUT2D eigenvalue weighted by Gasteiger charge is 2.71. The lowest BCUT2D eigenvalue weighted by atomic mass is 9.33. The number of ketones is 2. The lowest BCUT2D eigenvalue weighted by molar-refractivity contribution is -0.233. The molecule has 5 fully saturated rings. The minimum atomic E-state index is -1.16. The van der Waals surface area contributed by atoms with Gasteiger partial charge in [-0.1, -0.05) is 48.5 Å². The lowest BCUT2D eigenvalue weighted by Gasteiger charge is -2.72. The molecule has 1 aliphatic heterocycles. The van der Waals surface area contributed by atoms with Crippen LogP contribution < -0.4 is 5.32 Å². The van der Waals surface area contributed by atoms with Crippen LogP contribution in [-0.4, -0.2) is 47.8 Å². The highest BCUT2D eigenvalue weighted by Crippen LogP contribution is 2.77. The second-order valence-electron chi connectivity index (χ2n) is 19.8. The number of carboxylic acid groups (broad SMARTS) is 1. The van der Waals surface area contributed by atoms with Crippen LogP contribution in [0.25, 0.3) is 0 Å². The van der Waals surface area contributed by atoms with Gasteiger partial charge in [-0.3, -0.25) is 19.2 Å². The Kier molecular flexibility index (Phi) is 9.22. The van der Waals surface area contributed by atoms with Crippen molar-refractivity contribution < 1.29 is 29.0 Å². The van der Waals surface area contributed by atoms with Gasteiger partial charge in [0, 0.05) is 18.3 Å². The Balaban J connectivity index is 1.29. The summed E-state index contributed by atoms with van der Waals surface area (Å²) >= 11 is 0. The number of carbonyl (C=O) groups excluding carboxylic acids is 3. The van der Waals surface area contributed by atoms with E-state index in [-0.39, 0.29) is 51.8 Å². The molecule has 1 heterocycles. The first-order chi connectivity index (χ1) is 22.7. The molecule has 6 rings (SSSR count). The number of allylic oxidation sites excluding steroid dienone is 2. The van der Waals surface area contributed by atoms with E-state index in [1.165, 1.54) is 5.57 Å². The molecule has 49 heavy (non-hydrogen) atoms. The van der Waals surface area contributed by atoms with Gasteiger partial charge in [0.25, 0.3) is 0 Å². The van der Waals surface area contributed by atoms with E-state index in [4.69, 9.17) is 4.74 Å². The van der Waals surface area contributed by atoms with E-state index >= 15 is 0 Å². The van der Waals surface area contributed by atoms with Crippen LogP contribution in [0.15, 0.2) is 11.1 Å². The minimum absolute atomic E-state index is 0.00159. The molecule has 7 heteroatoms. The Morgan fingerprint density at radius 1 is 0.878 bits per heavy atom. The molecular weight excluding hydrogens is 614 g/mol. The Morgan fingerprint density at radius 2 is 1.55 bits per heavy atom. The summed E-state index contributed by atoms with van der Waals surface area (Å²) in [6, 6.07) is 0. The maximum absolute atomic E-state index is 14.6. The first-order valence-electron chi connectivity index (χ1n) is 19.7. The van der Waals surface area contributed by atoms with Gasteiger partial charge in [-0.15, -0.1) is 0 Å². The predicted octanol–water partition coefficient (Wildman–Crippen LogP) is 8.34. The van der Waals surface area contributed by atoms with Gasteiger partial charge in [0.2, 0.25) is 0 Å². The Hall–Kier alpha value is -2.02. The number of piperidine rings is 1. The van der Waals surface area contributed by atoms with E-state index in [9.17, 15) is 24.3 Å². The summed E-state index contributed by atoms with van der Waals surface area (Å²) in [7, 11) is 0. The number of nitrogens with one attached hydrogen (secondary N) is 1. The third-order valence-electron chi connectivity index (χ3n) is 16.3. The zero-order valence-corrected chi connectivity index (χ0v) is 32.1. The van der Waals surface area contributed by atoms with Crippen LogP contribution in [0.1, 0.15) is 146 Å². The number of rotatable bonds is 8. The molecule has 7 nitrogen and oxygen atoms in total. The maximum atomic E-state index is 14.6. The van der Waals surface area contributed by atoms with Crippen molar-refractivity contribution in [3.05, 3.63) is 11.1 Å². The van der Waals surface area contributed by atoms with Crippen LogP contribution in [-0.2, 0) is 23.9 Å².